The molecule has 4 rings (SSSR count). The van der Waals surface area contributed by atoms with Crippen LogP contribution in [0.1, 0.15) is 71.6 Å². The molecule has 0 aliphatic heterocycles. The van der Waals surface area contributed by atoms with Crippen molar-refractivity contribution in [3.63, 3.8) is 0 Å². The smallest absolute Gasteiger partial charge is 0.325 e. The van der Waals surface area contributed by atoms with E-state index < -0.39 is 70.1 Å². The third-order valence-electron chi connectivity index (χ3n) is 10.6. The van der Waals surface area contributed by atoms with Crippen LogP contribution in [0, 0.1) is 28.6 Å². The average Bonchev–Trinajstić information content (AvgIpc) is 3.31. The van der Waals surface area contributed by atoms with Gasteiger partial charge < -0.3 is 19.9 Å². The number of nitrogens with one attached hydrogen (secondary N) is 1. The SMILES string of the molecule is C[C@]12C=CC(=O)C=C1CCC1C3CC[C@](OC(=O)CCCON(O)O)(C(=O)COC(=O)CNC(=O)CCCON(O)O)[C@@]3(C)C[C@H](O)[C@@H]12. The molecule has 4 aliphatic rings. The number of nitrogens with zero attached hydrogens (tertiary/aromatic N) is 2. The Morgan fingerprint density at radius 3 is 2.31 bits per heavy atom. The van der Waals surface area contributed by atoms with Gasteiger partial charge in [-0.25, -0.2) is 0 Å². The van der Waals surface area contributed by atoms with Gasteiger partial charge in [-0.2, -0.15) is 0 Å². The maximum atomic E-state index is 14.1. The minimum absolute atomic E-state index is 0.0335. The van der Waals surface area contributed by atoms with E-state index in [1.165, 1.54) is 6.08 Å². The fourth-order valence-corrected chi connectivity index (χ4v) is 8.56. The van der Waals surface area contributed by atoms with Crippen molar-refractivity contribution in [2.45, 2.75) is 83.3 Å². The van der Waals surface area contributed by atoms with E-state index >= 15 is 0 Å². The van der Waals surface area contributed by atoms with Crippen molar-refractivity contribution in [2.75, 3.05) is 26.4 Å². The molecule has 1 amide bonds. The Bertz CT molecular complexity index is 1300. The van der Waals surface area contributed by atoms with Gasteiger partial charge in [0.2, 0.25) is 11.7 Å². The van der Waals surface area contributed by atoms with E-state index in [2.05, 4.69) is 15.0 Å². The number of fused-ring (bicyclic) bond motifs is 5. The predicted octanol–water partition coefficient (Wildman–Crippen LogP) is 1.36. The Morgan fingerprint density at radius 2 is 1.65 bits per heavy atom. The van der Waals surface area contributed by atoms with Gasteiger partial charge in [0.15, 0.2) is 18.0 Å². The largest absolute Gasteiger partial charge is 0.456 e. The highest BCUT2D eigenvalue weighted by molar-refractivity contribution is 6.01. The van der Waals surface area contributed by atoms with Crippen molar-refractivity contribution in [3.8, 4) is 0 Å². The number of ketones is 2. The number of hydrogen-bond acceptors (Lipinski definition) is 16. The number of carbonyl (C=O) groups is 5. The van der Waals surface area contributed by atoms with Crippen molar-refractivity contribution in [1.29, 1.82) is 0 Å². The minimum Gasteiger partial charge on any atom is -0.456 e. The molecule has 0 aromatic heterocycles. The Morgan fingerprint density at radius 1 is 0.979 bits per heavy atom. The van der Waals surface area contributed by atoms with Crippen molar-refractivity contribution >= 4 is 29.4 Å². The van der Waals surface area contributed by atoms with Crippen LogP contribution in [0.2, 0.25) is 0 Å². The molecule has 4 aliphatic carbocycles. The second-order valence-corrected chi connectivity index (χ2v) is 13.3. The molecule has 0 aromatic rings. The van der Waals surface area contributed by atoms with E-state index in [9.17, 15) is 29.1 Å². The summed E-state index contributed by atoms with van der Waals surface area (Å²) in [6, 6.07) is 0. The van der Waals surface area contributed by atoms with E-state index in [1.54, 1.807) is 6.08 Å². The molecule has 0 heterocycles. The lowest BCUT2D eigenvalue weighted by atomic mass is 9.46. The fourth-order valence-electron chi connectivity index (χ4n) is 8.56. The van der Waals surface area contributed by atoms with Crippen LogP contribution in [0.4, 0.5) is 0 Å². The van der Waals surface area contributed by atoms with Crippen molar-refractivity contribution < 1.29 is 69.1 Å². The molecule has 268 valence electrons. The molecular weight excluding hydrogens is 638 g/mol. The fraction of sp³-hybridized carbons (Fsp3) is 0.710. The number of aliphatic hydroxyl groups excluding tert-OH is 1. The van der Waals surface area contributed by atoms with Gasteiger partial charge in [0, 0.05) is 29.6 Å². The lowest BCUT2D eigenvalue weighted by molar-refractivity contribution is -0.492. The highest BCUT2D eigenvalue weighted by Crippen LogP contribution is 2.68. The zero-order valence-electron chi connectivity index (χ0n) is 27.0. The number of rotatable bonds is 16. The normalized spacial score (nSPS) is 32.3. The summed E-state index contributed by atoms with van der Waals surface area (Å²) in [4.78, 5) is 72.8. The first-order chi connectivity index (χ1) is 22.6. The lowest BCUT2D eigenvalue weighted by Crippen LogP contribution is -2.63. The second kappa shape index (κ2) is 15.6. The number of aliphatic hydroxyl groups is 1. The van der Waals surface area contributed by atoms with Crippen LogP contribution in [0.15, 0.2) is 23.8 Å². The molecule has 7 atom stereocenters. The third-order valence-corrected chi connectivity index (χ3v) is 10.6. The first-order valence-electron chi connectivity index (χ1n) is 16.0. The quantitative estimate of drug-likeness (QED) is 0.0764. The molecule has 6 N–H and O–H groups in total. The molecule has 0 saturated heterocycles. The lowest BCUT2D eigenvalue weighted by Gasteiger charge is -2.59. The summed E-state index contributed by atoms with van der Waals surface area (Å²) in [5.41, 5.74) is -2.39. The van der Waals surface area contributed by atoms with E-state index in [4.69, 9.17) is 30.3 Å². The van der Waals surface area contributed by atoms with Gasteiger partial charge >= 0.3 is 11.9 Å². The topological polar surface area (TPSA) is 242 Å². The number of allylic oxidation sites excluding steroid dienone is 4. The number of amides is 1. The van der Waals surface area contributed by atoms with Gasteiger partial charge in [0.25, 0.3) is 0 Å². The summed E-state index contributed by atoms with van der Waals surface area (Å²) in [5, 5.41) is 47.7. The molecule has 48 heavy (non-hydrogen) atoms. The number of hydrogen-bond donors (Lipinski definition) is 6. The average molecular weight is 684 g/mol. The van der Waals surface area contributed by atoms with Gasteiger partial charge in [-0.15, -0.1) is 0 Å². The van der Waals surface area contributed by atoms with Crippen LogP contribution in [0.5, 0.6) is 0 Å². The zero-order valence-corrected chi connectivity index (χ0v) is 27.0. The summed E-state index contributed by atoms with van der Waals surface area (Å²) >= 11 is 0. The Balaban J connectivity index is 1.49. The molecule has 0 bridgehead atoms. The van der Waals surface area contributed by atoms with E-state index in [1.807, 2.05) is 19.9 Å². The molecule has 0 radical (unpaired) electrons. The van der Waals surface area contributed by atoms with E-state index in [0.29, 0.717) is 19.3 Å². The van der Waals surface area contributed by atoms with Crippen molar-refractivity contribution in [1.82, 2.24) is 16.1 Å². The van der Waals surface area contributed by atoms with Crippen LogP contribution < -0.4 is 5.32 Å². The van der Waals surface area contributed by atoms with Gasteiger partial charge in [-0.1, -0.05) is 25.5 Å². The summed E-state index contributed by atoms with van der Waals surface area (Å²) in [6.07, 6.45) is 5.97. The second-order valence-electron chi connectivity index (χ2n) is 13.3. The zero-order chi connectivity index (χ0) is 35.3. The molecule has 0 spiro atoms. The summed E-state index contributed by atoms with van der Waals surface area (Å²) in [5.74, 6) is -3.43. The highest BCUT2D eigenvalue weighted by atomic mass is 17.1. The third kappa shape index (κ3) is 8.01. The van der Waals surface area contributed by atoms with E-state index in [0.717, 1.165) is 5.57 Å². The van der Waals surface area contributed by atoms with Crippen molar-refractivity contribution in [2.24, 2.45) is 28.6 Å². The molecule has 3 saturated carbocycles. The molecule has 0 aromatic carbocycles. The molecule has 3 fully saturated rings. The van der Waals surface area contributed by atoms with Gasteiger partial charge in [-0.3, -0.25) is 54.5 Å². The Labute approximate surface area is 276 Å². The number of ether oxygens (including phenoxy) is 2. The monoisotopic (exact) mass is 683 g/mol. The Kier molecular flexibility index (Phi) is 12.3. The van der Waals surface area contributed by atoms with Crippen LogP contribution in [0.3, 0.4) is 0 Å². The van der Waals surface area contributed by atoms with E-state index in [-0.39, 0.29) is 75.3 Å². The number of esters is 2. The van der Waals surface area contributed by atoms with Crippen LogP contribution in [-0.2, 0) is 43.1 Å². The molecule has 17 heteroatoms. The molecule has 17 nitrogen and oxygen atoms in total. The summed E-state index contributed by atoms with van der Waals surface area (Å²) in [6.45, 7) is 2.13. The Hall–Kier alpha value is -3.13. The standard InChI is InChI=1S/C31H45N3O14/c1-29-11-9-20(35)15-19(29)7-8-21-22-10-12-31(30(22,2)16-23(36)28(21)29,48-26(39)6-4-14-47-34(43)44)24(37)18-45-27(40)17-32-25(38)5-3-13-46-33(41)42/h9,11,15,21-23,28,36,41-44H,3-8,10,12-14,16-18H2,1-2H3,(H,32,38)/t21?,22?,23-,28+,29-,30-,31-/m0/s1. The van der Waals surface area contributed by atoms with Crippen LogP contribution in [0.25, 0.3) is 0 Å². The van der Waals surface area contributed by atoms with Gasteiger partial charge in [0.1, 0.15) is 6.54 Å². The summed E-state index contributed by atoms with van der Waals surface area (Å²) < 4.78 is 11.3. The van der Waals surface area contributed by atoms with Crippen LogP contribution in [-0.4, -0.2) is 104 Å². The van der Waals surface area contributed by atoms with Gasteiger partial charge in [-0.05, 0) is 68.9 Å². The maximum Gasteiger partial charge on any atom is 0.325 e. The van der Waals surface area contributed by atoms with Gasteiger partial charge in [0.05, 0.1) is 30.1 Å². The highest BCUT2D eigenvalue weighted by Gasteiger charge is 2.70. The summed E-state index contributed by atoms with van der Waals surface area (Å²) in [7, 11) is 0. The number of Topliss-reactive ketones (excluding diaryl/α,β-unsaturated/α-hetero) is 1. The first-order valence-corrected chi connectivity index (χ1v) is 16.0. The van der Waals surface area contributed by atoms with Crippen LogP contribution >= 0.6 is 0 Å². The van der Waals surface area contributed by atoms with Crippen molar-refractivity contribution in [3.05, 3.63) is 23.8 Å². The maximum absolute atomic E-state index is 14.1. The number of carbonyl (C=O) groups excluding carboxylic acids is 5. The predicted molar refractivity (Wildman–Crippen MR) is 157 cm³/mol. The minimum atomic E-state index is -1.76. The molecule has 2 unspecified atom stereocenters. The molecular formula is C31H45N3O14. The first kappa shape index (κ1) is 37.7.